The summed E-state index contributed by atoms with van der Waals surface area (Å²) >= 11 is 1.36. The number of anilines is 1. The molecule has 3 aromatic carbocycles. The largest absolute Gasteiger partial charge is 0.573 e. The highest BCUT2D eigenvalue weighted by Crippen LogP contribution is 2.33. The molecule has 1 aliphatic rings. The molecule has 1 amide bonds. The highest BCUT2D eigenvalue weighted by molar-refractivity contribution is 8.15. The van der Waals surface area contributed by atoms with Crippen molar-refractivity contribution in [2.75, 3.05) is 10.7 Å². The Hall–Kier alpha value is -4.64. The van der Waals surface area contributed by atoms with Gasteiger partial charge in [0.25, 0.3) is 0 Å². The van der Waals surface area contributed by atoms with Crippen LogP contribution in [-0.4, -0.2) is 38.8 Å². The minimum absolute atomic E-state index is 0.0254. The molecule has 0 saturated carbocycles. The molecule has 0 unspecified atom stereocenters. The van der Waals surface area contributed by atoms with Gasteiger partial charge in [-0.2, -0.15) is 5.10 Å². The van der Waals surface area contributed by atoms with E-state index in [0.29, 0.717) is 22.3 Å². The van der Waals surface area contributed by atoms with E-state index in [9.17, 15) is 18.0 Å². The molecular weight excluding hydrogens is 563 g/mol. The second-order valence-electron chi connectivity index (χ2n) is 9.93. The van der Waals surface area contributed by atoms with Crippen LogP contribution in [0.2, 0.25) is 0 Å². The lowest BCUT2D eigenvalue weighted by molar-refractivity contribution is -0.274. The van der Waals surface area contributed by atoms with Crippen LogP contribution < -0.4 is 9.64 Å². The van der Waals surface area contributed by atoms with Crippen molar-refractivity contribution in [3.63, 3.8) is 0 Å². The van der Waals surface area contributed by atoms with Crippen LogP contribution in [0.15, 0.2) is 95.4 Å². The van der Waals surface area contributed by atoms with Crippen molar-refractivity contribution in [1.29, 1.82) is 0 Å². The summed E-state index contributed by atoms with van der Waals surface area (Å²) < 4.78 is 43.4. The standard InChI is InChI=1S/C31H24F3N5O2S/c1-19(2)24-5-3-4-6-26(24)39-28(40)18-42-30(39)37-36-16-20-7-12-25-22(15-20)13-14-38-27(25)17-35-29(38)21-8-10-23(11-9-21)41-31(32,33)34/h3-17,19H,18H2,1-2H3. The molecule has 1 aliphatic heterocycles. The number of thioether (sulfide) groups is 1. The molecule has 1 saturated heterocycles. The van der Waals surface area contributed by atoms with Gasteiger partial charge in [0.05, 0.1) is 29.4 Å². The zero-order chi connectivity index (χ0) is 29.4. The molecule has 1 fully saturated rings. The molecule has 0 bridgehead atoms. The number of hydrogen-bond acceptors (Lipinski definition) is 6. The number of halogens is 3. The van der Waals surface area contributed by atoms with Gasteiger partial charge in [0, 0.05) is 17.1 Å². The normalized spacial score (nSPS) is 15.2. The van der Waals surface area contributed by atoms with Crippen LogP contribution in [0.1, 0.15) is 30.9 Å². The van der Waals surface area contributed by atoms with E-state index in [0.717, 1.165) is 33.1 Å². The van der Waals surface area contributed by atoms with Gasteiger partial charge in [0.15, 0.2) is 5.17 Å². The number of carbonyl (C=O) groups is 1. The third kappa shape index (κ3) is 5.47. The van der Waals surface area contributed by atoms with Crippen molar-refractivity contribution >= 4 is 51.0 Å². The Balaban J connectivity index is 1.25. The van der Waals surface area contributed by atoms with Gasteiger partial charge in [0.2, 0.25) is 5.91 Å². The summed E-state index contributed by atoms with van der Waals surface area (Å²) in [4.78, 5) is 18.9. The Bertz CT molecular complexity index is 1860. The molecular formula is C31H24F3N5O2S. The molecule has 0 spiro atoms. The van der Waals surface area contributed by atoms with Crippen LogP contribution in [0, 0.1) is 0 Å². The number of amides is 1. The molecule has 42 heavy (non-hydrogen) atoms. The number of ether oxygens (including phenoxy) is 1. The molecule has 0 radical (unpaired) electrons. The number of para-hydroxylation sites is 1. The number of imidazole rings is 1. The zero-order valence-corrected chi connectivity index (χ0v) is 23.4. The Labute approximate surface area is 243 Å². The van der Waals surface area contributed by atoms with E-state index in [-0.39, 0.29) is 17.6 Å². The van der Waals surface area contributed by atoms with Crippen molar-refractivity contribution in [2.24, 2.45) is 10.2 Å². The number of alkyl halides is 3. The minimum Gasteiger partial charge on any atom is -0.406 e. The van der Waals surface area contributed by atoms with E-state index in [1.165, 1.54) is 23.9 Å². The lowest BCUT2D eigenvalue weighted by Gasteiger charge is -2.20. The van der Waals surface area contributed by atoms with Crippen molar-refractivity contribution in [3.05, 3.63) is 96.3 Å². The average Bonchev–Trinajstić information content (AvgIpc) is 3.56. The average molecular weight is 588 g/mol. The van der Waals surface area contributed by atoms with E-state index in [1.54, 1.807) is 29.4 Å². The number of carbonyl (C=O) groups excluding carboxylic acids is 1. The summed E-state index contributed by atoms with van der Waals surface area (Å²) in [5, 5.41) is 11.1. The van der Waals surface area contributed by atoms with Crippen LogP contribution in [0.25, 0.3) is 27.7 Å². The zero-order valence-electron chi connectivity index (χ0n) is 22.5. The Morgan fingerprint density at radius 2 is 1.83 bits per heavy atom. The number of aromatic nitrogens is 2. The number of nitrogens with zero attached hydrogens (tertiary/aromatic N) is 5. The molecule has 0 atom stereocenters. The van der Waals surface area contributed by atoms with Crippen molar-refractivity contribution < 1.29 is 22.7 Å². The van der Waals surface area contributed by atoms with Gasteiger partial charge in [-0.1, -0.05) is 55.9 Å². The summed E-state index contributed by atoms with van der Waals surface area (Å²) in [6, 6.07) is 21.2. The Kier molecular flexibility index (Phi) is 7.19. The molecule has 11 heteroatoms. The van der Waals surface area contributed by atoms with Crippen LogP contribution in [0.4, 0.5) is 18.9 Å². The van der Waals surface area contributed by atoms with E-state index in [1.807, 2.05) is 59.1 Å². The second-order valence-corrected chi connectivity index (χ2v) is 10.9. The quantitative estimate of drug-likeness (QED) is 0.151. The van der Waals surface area contributed by atoms with Gasteiger partial charge in [-0.05, 0) is 64.9 Å². The smallest absolute Gasteiger partial charge is 0.406 e. The number of pyridine rings is 1. The maximum Gasteiger partial charge on any atom is 0.573 e. The number of fused-ring (bicyclic) bond motifs is 3. The minimum atomic E-state index is -4.74. The first-order valence-electron chi connectivity index (χ1n) is 13.1. The summed E-state index contributed by atoms with van der Waals surface area (Å²) in [5.41, 5.74) is 4.24. The molecule has 0 N–H and O–H groups in total. The first-order valence-corrected chi connectivity index (χ1v) is 14.1. The molecule has 212 valence electrons. The predicted molar refractivity (Wildman–Crippen MR) is 160 cm³/mol. The fourth-order valence-electron chi connectivity index (χ4n) is 4.92. The lowest BCUT2D eigenvalue weighted by Crippen LogP contribution is -2.30. The van der Waals surface area contributed by atoms with Gasteiger partial charge in [-0.3, -0.25) is 14.1 Å². The van der Waals surface area contributed by atoms with Gasteiger partial charge in [-0.25, -0.2) is 4.98 Å². The van der Waals surface area contributed by atoms with E-state index in [4.69, 9.17) is 0 Å². The Morgan fingerprint density at radius 3 is 2.60 bits per heavy atom. The highest BCUT2D eigenvalue weighted by Gasteiger charge is 2.32. The van der Waals surface area contributed by atoms with Gasteiger partial charge < -0.3 is 4.74 Å². The second kappa shape index (κ2) is 11.0. The monoisotopic (exact) mass is 587 g/mol. The molecule has 2 aromatic heterocycles. The number of rotatable bonds is 6. The summed E-state index contributed by atoms with van der Waals surface area (Å²) in [7, 11) is 0. The molecule has 3 heterocycles. The van der Waals surface area contributed by atoms with Crippen LogP contribution >= 0.6 is 11.8 Å². The maximum atomic E-state index is 12.7. The van der Waals surface area contributed by atoms with E-state index in [2.05, 4.69) is 33.8 Å². The van der Waals surface area contributed by atoms with Gasteiger partial charge in [-0.15, -0.1) is 18.3 Å². The number of hydrogen-bond donors (Lipinski definition) is 0. The summed E-state index contributed by atoms with van der Waals surface area (Å²) in [6.45, 7) is 4.18. The highest BCUT2D eigenvalue weighted by atomic mass is 32.2. The van der Waals surface area contributed by atoms with Crippen LogP contribution in [-0.2, 0) is 4.79 Å². The van der Waals surface area contributed by atoms with Crippen molar-refractivity contribution in [3.8, 4) is 17.1 Å². The van der Waals surface area contributed by atoms with Crippen LogP contribution in [0.5, 0.6) is 5.75 Å². The Morgan fingerprint density at radius 1 is 1.05 bits per heavy atom. The molecule has 7 nitrogen and oxygen atoms in total. The topological polar surface area (TPSA) is 71.6 Å². The van der Waals surface area contributed by atoms with Crippen molar-refractivity contribution in [2.45, 2.75) is 26.1 Å². The van der Waals surface area contributed by atoms with E-state index < -0.39 is 6.36 Å². The third-order valence-corrected chi connectivity index (χ3v) is 7.73. The molecule has 0 aliphatic carbocycles. The SMILES string of the molecule is CC(C)c1ccccc1N1C(=O)CSC1=NN=Cc1ccc2c(ccn3c(-c4ccc(OC(F)(F)F)cc4)ncc23)c1. The predicted octanol–water partition coefficient (Wildman–Crippen LogP) is 7.65. The summed E-state index contributed by atoms with van der Waals surface area (Å²) in [5.74, 6) is 0.842. The van der Waals surface area contributed by atoms with E-state index >= 15 is 0 Å². The third-order valence-electron chi connectivity index (χ3n) is 6.81. The van der Waals surface area contributed by atoms with Gasteiger partial charge in [0.1, 0.15) is 11.6 Å². The lowest BCUT2D eigenvalue weighted by atomic mass is 10.0. The first kappa shape index (κ1) is 27.5. The molecule has 6 rings (SSSR count). The first-order chi connectivity index (χ1) is 20.2. The van der Waals surface area contributed by atoms with Crippen molar-refractivity contribution in [1.82, 2.24) is 9.38 Å². The fraction of sp³-hybridized carbons (Fsp3) is 0.161. The summed E-state index contributed by atoms with van der Waals surface area (Å²) in [6.07, 6.45) is 0.506. The molecule has 5 aromatic rings. The van der Waals surface area contributed by atoms with Crippen LogP contribution in [0.3, 0.4) is 0 Å². The van der Waals surface area contributed by atoms with Gasteiger partial charge >= 0.3 is 6.36 Å². The maximum absolute atomic E-state index is 12.7. The number of amidine groups is 1. The fourth-order valence-corrected chi connectivity index (χ4v) is 5.73. The number of benzene rings is 3.